The molecule has 3 rings (SSSR count). The second-order valence-corrected chi connectivity index (χ2v) is 6.09. The molecule has 0 fully saturated rings. The van der Waals surface area contributed by atoms with Crippen LogP contribution in [0.15, 0.2) is 47.5 Å². The first-order chi connectivity index (χ1) is 10.3. The Labute approximate surface area is 133 Å². The second kappa shape index (κ2) is 6.41. The summed E-state index contributed by atoms with van der Waals surface area (Å²) in [5, 5.41) is 6.27. The summed E-state index contributed by atoms with van der Waals surface area (Å²) in [5.74, 6) is 1.61. The van der Waals surface area contributed by atoms with Gasteiger partial charge in [-0.05, 0) is 31.2 Å². The Morgan fingerprint density at radius 2 is 2.10 bits per heavy atom. The molecule has 2 N–H and O–H groups in total. The third-order valence-corrected chi connectivity index (χ3v) is 4.44. The average Bonchev–Trinajstić information content (AvgIpc) is 2.91. The van der Waals surface area contributed by atoms with Gasteiger partial charge in [-0.2, -0.15) is 0 Å². The van der Waals surface area contributed by atoms with E-state index in [0.717, 1.165) is 34.4 Å². The van der Waals surface area contributed by atoms with Crippen molar-refractivity contribution in [3.05, 3.63) is 53.2 Å². The van der Waals surface area contributed by atoms with Crippen molar-refractivity contribution in [2.45, 2.75) is 17.7 Å². The van der Waals surface area contributed by atoms with Crippen molar-refractivity contribution in [1.29, 1.82) is 0 Å². The Balaban J connectivity index is 1.76. The lowest BCUT2D eigenvalue weighted by atomic mass is 10.3. The zero-order valence-corrected chi connectivity index (χ0v) is 13.3. The van der Waals surface area contributed by atoms with Gasteiger partial charge in [-0.1, -0.05) is 29.8 Å². The molecule has 0 aliphatic heterocycles. The third kappa shape index (κ3) is 3.34. The molecule has 0 radical (unpaired) electrons. The number of rotatable bonds is 5. The van der Waals surface area contributed by atoms with Gasteiger partial charge in [0.1, 0.15) is 5.82 Å². The van der Waals surface area contributed by atoms with Gasteiger partial charge in [0.2, 0.25) is 0 Å². The molecule has 21 heavy (non-hydrogen) atoms. The molecule has 3 aromatic rings. The number of aromatic amines is 1. The number of pyridine rings is 1. The Bertz CT molecular complexity index is 721. The van der Waals surface area contributed by atoms with Crippen LogP contribution in [0.1, 0.15) is 12.6 Å². The molecule has 0 unspecified atom stereocenters. The lowest BCUT2D eigenvalue weighted by molar-refractivity contribution is 1.11. The Morgan fingerprint density at radius 1 is 1.24 bits per heavy atom. The quantitative estimate of drug-likeness (QED) is 0.655. The molecule has 0 spiro atoms. The summed E-state index contributed by atoms with van der Waals surface area (Å²) in [6, 6.07) is 14.2. The lowest BCUT2D eigenvalue weighted by Gasteiger charge is -2.07. The molecule has 0 atom stereocenters. The SMILES string of the molecule is CCNc1ccc(Cl)c(CSc2cc3ccccc3[nH]2)n1. The Morgan fingerprint density at radius 3 is 2.90 bits per heavy atom. The maximum Gasteiger partial charge on any atom is 0.126 e. The molecule has 0 saturated carbocycles. The van der Waals surface area contributed by atoms with Gasteiger partial charge in [0.15, 0.2) is 0 Å². The maximum absolute atomic E-state index is 6.23. The molecule has 0 amide bonds. The maximum atomic E-state index is 6.23. The molecule has 0 aliphatic rings. The number of H-pyrrole nitrogens is 1. The molecule has 2 heterocycles. The van der Waals surface area contributed by atoms with E-state index in [-0.39, 0.29) is 0 Å². The van der Waals surface area contributed by atoms with Gasteiger partial charge in [-0.15, -0.1) is 11.8 Å². The number of aromatic nitrogens is 2. The number of thioether (sulfide) groups is 1. The fourth-order valence-electron chi connectivity index (χ4n) is 2.14. The van der Waals surface area contributed by atoms with Crippen molar-refractivity contribution >= 4 is 40.1 Å². The number of fused-ring (bicyclic) bond motifs is 1. The summed E-state index contributed by atoms with van der Waals surface area (Å²) < 4.78 is 0. The van der Waals surface area contributed by atoms with E-state index in [0.29, 0.717) is 5.02 Å². The summed E-state index contributed by atoms with van der Waals surface area (Å²) in [5.41, 5.74) is 2.05. The molecule has 0 aliphatic carbocycles. The lowest BCUT2D eigenvalue weighted by Crippen LogP contribution is -2.01. The van der Waals surface area contributed by atoms with Crippen molar-refractivity contribution in [3.8, 4) is 0 Å². The number of hydrogen-bond acceptors (Lipinski definition) is 3. The highest BCUT2D eigenvalue weighted by Gasteiger charge is 2.06. The van der Waals surface area contributed by atoms with E-state index in [2.05, 4.69) is 40.4 Å². The number of nitrogens with one attached hydrogen (secondary N) is 2. The number of anilines is 1. The summed E-state index contributed by atoms with van der Waals surface area (Å²) >= 11 is 7.94. The minimum atomic E-state index is 0.709. The van der Waals surface area contributed by atoms with Crippen LogP contribution in [0.2, 0.25) is 5.02 Å². The smallest absolute Gasteiger partial charge is 0.126 e. The van der Waals surface area contributed by atoms with E-state index in [9.17, 15) is 0 Å². The van der Waals surface area contributed by atoms with E-state index in [4.69, 9.17) is 11.6 Å². The molecule has 108 valence electrons. The van der Waals surface area contributed by atoms with Gasteiger partial charge in [-0.3, -0.25) is 0 Å². The minimum Gasteiger partial charge on any atom is -0.370 e. The van der Waals surface area contributed by atoms with Crippen LogP contribution in [0.4, 0.5) is 5.82 Å². The molecular formula is C16H16ClN3S. The number of para-hydroxylation sites is 1. The molecule has 1 aromatic carbocycles. The topological polar surface area (TPSA) is 40.7 Å². The first-order valence-corrected chi connectivity index (χ1v) is 8.22. The second-order valence-electron chi connectivity index (χ2n) is 4.66. The van der Waals surface area contributed by atoms with Gasteiger partial charge < -0.3 is 10.3 Å². The first-order valence-electron chi connectivity index (χ1n) is 6.86. The van der Waals surface area contributed by atoms with Gasteiger partial charge in [-0.25, -0.2) is 4.98 Å². The van der Waals surface area contributed by atoms with Crippen molar-refractivity contribution in [1.82, 2.24) is 9.97 Å². The zero-order chi connectivity index (χ0) is 14.7. The molecule has 5 heteroatoms. The highest BCUT2D eigenvalue weighted by molar-refractivity contribution is 7.98. The molecule has 0 bridgehead atoms. The predicted molar refractivity (Wildman–Crippen MR) is 91.3 cm³/mol. The van der Waals surface area contributed by atoms with Crippen LogP contribution in [-0.2, 0) is 5.75 Å². The van der Waals surface area contributed by atoms with Gasteiger partial charge >= 0.3 is 0 Å². The van der Waals surface area contributed by atoms with Crippen LogP contribution in [0.5, 0.6) is 0 Å². The summed E-state index contributed by atoms with van der Waals surface area (Å²) in [7, 11) is 0. The number of hydrogen-bond donors (Lipinski definition) is 2. The van der Waals surface area contributed by atoms with Gasteiger partial charge in [0.05, 0.1) is 15.7 Å². The normalized spacial score (nSPS) is 11.0. The predicted octanol–water partition coefficient (Wildman–Crippen LogP) is 4.94. The molecule has 0 saturated heterocycles. The average molecular weight is 318 g/mol. The largest absolute Gasteiger partial charge is 0.370 e. The number of halogens is 1. The van der Waals surface area contributed by atoms with Crippen LogP contribution in [0.3, 0.4) is 0 Å². The fraction of sp³-hybridized carbons (Fsp3) is 0.188. The zero-order valence-electron chi connectivity index (χ0n) is 11.7. The van der Waals surface area contributed by atoms with Crippen LogP contribution in [0, 0.1) is 0 Å². The van der Waals surface area contributed by atoms with Gasteiger partial charge in [0.25, 0.3) is 0 Å². The summed E-state index contributed by atoms with van der Waals surface area (Å²) in [6.45, 7) is 2.90. The van der Waals surface area contributed by atoms with Crippen LogP contribution < -0.4 is 5.32 Å². The van der Waals surface area contributed by atoms with E-state index >= 15 is 0 Å². The van der Waals surface area contributed by atoms with E-state index in [1.165, 1.54) is 5.39 Å². The highest BCUT2D eigenvalue weighted by atomic mass is 35.5. The van der Waals surface area contributed by atoms with E-state index < -0.39 is 0 Å². The van der Waals surface area contributed by atoms with Crippen molar-refractivity contribution in [2.24, 2.45) is 0 Å². The van der Waals surface area contributed by atoms with Crippen LogP contribution in [0.25, 0.3) is 10.9 Å². The summed E-state index contributed by atoms with van der Waals surface area (Å²) in [4.78, 5) is 7.95. The summed E-state index contributed by atoms with van der Waals surface area (Å²) in [6.07, 6.45) is 0. The van der Waals surface area contributed by atoms with E-state index in [1.54, 1.807) is 11.8 Å². The fourth-order valence-corrected chi connectivity index (χ4v) is 3.29. The molecule has 2 aromatic heterocycles. The number of benzene rings is 1. The molecular weight excluding hydrogens is 302 g/mol. The van der Waals surface area contributed by atoms with Crippen LogP contribution in [-0.4, -0.2) is 16.5 Å². The van der Waals surface area contributed by atoms with Gasteiger partial charge in [0, 0.05) is 23.2 Å². The van der Waals surface area contributed by atoms with E-state index in [1.807, 2.05) is 24.3 Å². The van der Waals surface area contributed by atoms with Crippen molar-refractivity contribution in [2.75, 3.05) is 11.9 Å². The Hall–Kier alpha value is -1.65. The van der Waals surface area contributed by atoms with Crippen molar-refractivity contribution in [3.63, 3.8) is 0 Å². The molecule has 3 nitrogen and oxygen atoms in total. The Kier molecular flexibility index (Phi) is 4.36. The number of nitrogens with zero attached hydrogens (tertiary/aromatic N) is 1. The van der Waals surface area contributed by atoms with Crippen molar-refractivity contribution < 1.29 is 0 Å². The monoisotopic (exact) mass is 317 g/mol. The third-order valence-electron chi connectivity index (χ3n) is 3.15. The van der Waals surface area contributed by atoms with Crippen LogP contribution >= 0.6 is 23.4 Å². The standard InChI is InChI=1S/C16H16ClN3S/c1-2-18-15-8-7-12(17)14(19-15)10-21-16-9-11-5-3-4-6-13(11)20-16/h3-9,20H,2,10H2,1H3,(H,18,19). The highest BCUT2D eigenvalue weighted by Crippen LogP contribution is 2.28. The minimum absolute atomic E-state index is 0.709. The first kappa shape index (κ1) is 14.3.